The largest absolute Gasteiger partial charge is 0.454 e. The molecule has 1 saturated heterocycles. The Morgan fingerprint density at radius 1 is 1.19 bits per heavy atom. The Morgan fingerprint density at radius 2 is 2.04 bits per heavy atom. The van der Waals surface area contributed by atoms with Gasteiger partial charge in [0.25, 0.3) is 0 Å². The summed E-state index contributed by atoms with van der Waals surface area (Å²) in [5.41, 5.74) is 0.861. The van der Waals surface area contributed by atoms with E-state index in [1.807, 2.05) is 24.3 Å². The van der Waals surface area contributed by atoms with Gasteiger partial charge in [-0.05, 0) is 29.8 Å². The van der Waals surface area contributed by atoms with Crippen molar-refractivity contribution in [2.24, 2.45) is 0 Å². The maximum absolute atomic E-state index is 12.1. The molecular formula is C19H20N4O4. The lowest BCUT2D eigenvalue weighted by atomic mass is 10.2. The standard InChI is InChI=1S/C19H20N4O4/c24-19(4-2-14-1-3-15-16(11-14)27-13-26-15)21-12-17-20-6-5-18(22-17)23-7-9-25-10-8-23/h1-6,11H,7-10,12-13H2,(H,21,24)/b4-2+. The zero-order chi connectivity index (χ0) is 18.5. The molecule has 0 radical (unpaired) electrons. The van der Waals surface area contributed by atoms with E-state index in [2.05, 4.69) is 20.2 Å². The Hall–Kier alpha value is -3.13. The highest BCUT2D eigenvalue weighted by Gasteiger charge is 2.14. The van der Waals surface area contributed by atoms with Gasteiger partial charge in [-0.15, -0.1) is 0 Å². The number of ether oxygens (including phenoxy) is 3. The molecule has 1 aromatic heterocycles. The molecule has 2 aromatic rings. The molecule has 140 valence electrons. The summed E-state index contributed by atoms with van der Waals surface area (Å²) in [7, 11) is 0. The van der Waals surface area contributed by atoms with E-state index < -0.39 is 0 Å². The van der Waals surface area contributed by atoms with Crippen LogP contribution >= 0.6 is 0 Å². The molecule has 0 saturated carbocycles. The van der Waals surface area contributed by atoms with Gasteiger partial charge in [0.1, 0.15) is 11.6 Å². The molecule has 0 bridgehead atoms. The van der Waals surface area contributed by atoms with Crippen LogP contribution in [0.1, 0.15) is 11.4 Å². The monoisotopic (exact) mass is 368 g/mol. The van der Waals surface area contributed by atoms with Gasteiger partial charge < -0.3 is 24.4 Å². The van der Waals surface area contributed by atoms with Crippen LogP contribution in [-0.4, -0.2) is 49.0 Å². The summed E-state index contributed by atoms with van der Waals surface area (Å²) in [5.74, 6) is 2.62. The average molecular weight is 368 g/mol. The van der Waals surface area contributed by atoms with Crippen LogP contribution in [0.5, 0.6) is 11.5 Å². The first-order chi connectivity index (χ1) is 13.3. The van der Waals surface area contributed by atoms with Gasteiger partial charge in [0.15, 0.2) is 11.5 Å². The van der Waals surface area contributed by atoms with E-state index in [1.54, 1.807) is 12.3 Å². The molecule has 1 fully saturated rings. The molecule has 8 nitrogen and oxygen atoms in total. The molecule has 2 aliphatic rings. The van der Waals surface area contributed by atoms with Crippen molar-refractivity contribution >= 4 is 17.8 Å². The topological polar surface area (TPSA) is 85.8 Å². The Morgan fingerprint density at radius 3 is 2.93 bits per heavy atom. The predicted molar refractivity (Wildman–Crippen MR) is 98.5 cm³/mol. The number of amides is 1. The molecule has 27 heavy (non-hydrogen) atoms. The first-order valence-electron chi connectivity index (χ1n) is 8.78. The summed E-state index contributed by atoms with van der Waals surface area (Å²) in [6, 6.07) is 7.40. The van der Waals surface area contributed by atoms with Gasteiger partial charge in [0, 0.05) is 25.4 Å². The van der Waals surface area contributed by atoms with Gasteiger partial charge in [0.2, 0.25) is 12.7 Å². The second-order valence-corrected chi connectivity index (χ2v) is 6.09. The van der Waals surface area contributed by atoms with Crippen molar-refractivity contribution in [1.82, 2.24) is 15.3 Å². The van der Waals surface area contributed by atoms with Crippen molar-refractivity contribution in [1.29, 1.82) is 0 Å². The van der Waals surface area contributed by atoms with Crippen molar-refractivity contribution in [3.05, 3.63) is 47.9 Å². The Labute approximate surface area is 156 Å². The van der Waals surface area contributed by atoms with Crippen LogP contribution in [0.2, 0.25) is 0 Å². The minimum atomic E-state index is -0.215. The van der Waals surface area contributed by atoms with Crippen molar-refractivity contribution < 1.29 is 19.0 Å². The smallest absolute Gasteiger partial charge is 0.244 e. The first kappa shape index (κ1) is 17.3. The van der Waals surface area contributed by atoms with E-state index in [1.165, 1.54) is 6.08 Å². The van der Waals surface area contributed by atoms with Crippen LogP contribution in [0, 0.1) is 0 Å². The third-order valence-electron chi connectivity index (χ3n) is 4.27. The molecule has 4 rings (SSSR count). The van der Waals surface area contributed by atoms with E-state index in [0.29, 0.717) is 30.5 Å². The van der Waals surface area contributed by atoms with Crippen LogP contribution in [0.3, 0.4) is 0 Å². The number of morpholine rings is 1. The fourth-order valence-electron chi connectivity index (χ4n) is 2.86. The number of nitrogens with zero attached hydrogens (tertiary/aromatic N) is 3. The summed E-state index contributed by atoms with van der Waals surface area (Å²) in [6.45, 7) is 3.50. The number of carbonyl (C=O) groups is 1. The molecule has 1 amide bonds. The van der Waals surface area contributed by atoms with E-state index in [4.69, 9.17) is 14.2 Å². The highest BCUT2D eigenvalue weighted by atomic mass is 16.7. The third-order valence-corrected chi connectivity index (χ3v) is 4.27. The minimum Gasteiger partial charge on any atom is -0.454 e. The molecule has 2 aliphatic heterocycles. The number of anilines is 1. The van der Waals surface area contributed by atoms with Crippen LogP contribution in [0.25, 0.3) is 6.08 Å². The number of benzene rings is 1. The minimum absolute atomic E-state index is 0.215. The lowest BCUT2D eigenvalue weighted by Crippen LogP contribution is -2.37. The van der Waals surface area contributed by atoms with Gasteiger partial charge in [0.05, 0.1) is 19.8 Å². The molecule has 0 spiro atoms. The number of fused-ring (bicyclic) bond motifs is 1. The first-order valence-corrected chi connectivity index (χ1v) is 8.78. The van der Waals surface area contributed by atoms with Gasteiger partial charge in [-0.2, -0.15) is 0 Å². The lowest BCUT2D eigenvalue weighted by Gasteiger charge is -2.27. The predicted octanol–water partition coefficient (Wildman–Crippen LogP) is 1.37. The molecule has 8 heteroatoms. The van der Waals surface area contributed by atoms with Crippen LogP contribution in [0.4, 0.5) is 5.82 Å². The lowest BCUT2D eigenvalue weighted by molar-refractivity contribution is -0.116. The van der Waals surface area contributed by atoms with E-state index in [0.717, 1.165) is 24.5 Å². The van der Waals surface area contributed by atoms with Crippen LogP contribution in [-0.2, 0) is 16.1 Å². The third kappa shape index (κ3) is 4.35. The molecule has 0 aliphatic carbocycles. The fourth-order valence-corrected chi connectivity index (χ4v) is 2.86. The summed E-state index contributed by atoms with van der Waals surface area (Å²) >= 11 is 0. The van der Waals surface area contributed by atoms with Crippen LogP contribution < -0.4 is 19.7 Å². The summed E-state index contributed by atoms with van der Waals surface area (Å²) in [6.07, 6.45) is 4.91. The van der Waals surface area contributed by atoms with Crippen LogP contribution in [0.15, 0.2) is 36.5 Å². The van der Waals surface area contributed by atoms with Gasteiger partial charge in [-0.3, -0.25) is 4.79 Å². The van der Waals surface area contributed by atoms with Gasteiger partial charge in [-0.1, -0.05) is 6.07 Å². The van der Waals surface area contributed by atoms with Gasteiger partial charge in [-0.25, -0.2) is 9.97 Å². The summed E-state index contributed by atoms with van der Waals surface area (Å²) in [4.78, 5) is 23.0. The SMILES string of the molecule is O=C(/C=C/c1ccc2c(c1)OCO2)NCc1nccc(N2CCOCC2)n1. The molecule has 0 unspecified atom stereocenters. The second-order valence-electron chi connectivity index (χ2n) is 6.09. The molecule has 1 aromatic carbocycles. The molecule has 3 heterocycles. The Balaban J connectivity index is 1.32. The maximum Gasteiger partial charge on any atom is 0.244 e. The van der Waals surface area contributed by atoms with Crippen molar-refractivity contribution in [3.8, 4) is 11.5 Å². The van der Waals surface area contributed by atoms with Crippen molar-refractivity contribution in [2.45, 2.75) is 6.54 Å². The summed E-state index contributed by atoms with van der Waals surface area (Å²) in [5, 5.41) is 2.80. The van der Waals surface area contributed by atoms with E-state index >= 15 is 0 Å². The van der Waals surface area contributed by atoms with E-state index in [-0.39, 0.29) is 19.2 Å². The number of carbonyl (C=O) groups excluding carboxylic acids is 1. The average Bonchev–Trinajstić information content (AvgIpc) is 3.19. The maximum atomic E-state index is 12.1. The normalized spacial score (nSPS) is 15.9. The van der Waals surface area contributed by atoms with Crippen molar-refractivity contribution in [3.63, 3.8) is 0 Å². The molecule has 0 atom stereocenters. The summed E-state index contributed by atoms with van der Waals surface area (Å²) < 4.78 is 16.0. The fraction of sp³-hybridized carbons (Fsp3) is 0.316. The zero-order valence-corrected chi connectivity index (χ0v) is 14.8. The van der Waals surface area contributed by atoms with E-state index in [9.17, 15) is 4.79 Å². The number of nitrogens with one attached hydrogen (secondary N) is 1. The molecule has 1 N–H and O–H groups in total. The zero-order valence-electron chi connectivity index (χ0n) is 14.8. The number of rotatable bonds is 5. The number of hydrogen-bond acceptors (Lipinski definition) is 7. The Kier molecular flexibility index (Phi) is 5.15. The second kappa shape index (κ2) is 8.05. The number of hydrogen-bond donors (Lipinski definition) is 1. The van der Waals surface area contributed by atoms with Gasteiger partial charge >= 0.3 is 0 Å². The quantitative estimate of drug-likeness (QED) is 0.798. The highest BCUT2D eigenvalue weighted by molar-refractivity contribution is 5.91. The van der Waals surface area contributed by atoms with Crippen molar-refractivity contribution in [2.75, 3.05) is 38.0 Å². The highest BCUT2D eigenvalue weighted by Crippen LogP contribution is 2.32. The Bertz CT molecular complexity index is 849. The number of aromatic nitrogens is 2. The molecular weight excluding hydrogens is 348 g/mol.